The van der Waals surface area contributed by atoms with Crippen molar-refractivity contribution in [1.29, 1.82) is 0 Å². The SMILES string of the molecule is CNc1cc([N+](=O)[O-])cc(Sc2nnc(N(C)C)s2)n1. The van der Waals surface area contributed by atoms with Gasteiger partial charge in [-0.25, -0.2) is 4.98 Å². The highest BCUT2D eigenvalue weighted by atomic mass is 32.2. The van der Waals surface area contributed by atoms with E-state index in [0.29, 0.717) is 15.2 Å². The van der Waals surface area contributed by atoms with Crippen LogP contribution in [-0.2, 0) is 0 Å². The van der Waals surface area contributed by atoms with Gasteiger partial charge in [-0.3, -0.25) is 10.1 Å². The number of hydrogen-bond donors (Lipinski definition) is 1. The maximum Gasteiger partial charge on any atom is 0.275 e. The van der Waals surface area contributed by atoms with Crippen molar-refractivity contribution in [2.24, 2.45) is 0 Å². The minimum absolute atomic E-state index is 0.0100. The highest BCUT2D eigenvalue weighted by Crippen LogP contribution is 2.33. The van der Waals surface area contributed by atoms with Gasteiger partial charge in [0, 0.05) is 27.2 Å². The maximum absolute atomic E-state index is 10.9. The molecule has 0 aliphatic carbocycles. The number of pyridine rings is 1. The number of hydrogen-bond acceptors (Lipinski definition) is 9. The third-order valence-corrected chi connectivity index (χ3v) is 4.28. The van der Waals surface area contributed by atoms with E-state index in [9.17, 15) is 10.1 Å². The molecule has 106 valence electrons. The number of aromatic nitrogens is 3. The second-order valence-corrected chi connectivity index (χ2v) is 6.13. The van der Waals surface area contributed by atoms with Crippen molar-refractivity contribution in [3.05, 3.63) is 22.2 Å². The predicted octanol–water partition coefficient (Wildman–Crippen LogP) is 2.10. The van der Waals surface area contributed by atoms with Crippen LogP contribution in [0.25, 0.3) is 0 Å². The third-order valence-electron chi connectivity index (χ3n) is 2.22. The Morgan fingerprint density at radius 2 is 2.15 bits per heavy atom. The molecule has 2 heterocycles. The van der Waals surface area contributed by atoms with Crippen molar-refractivity contribution in [3.8, 4) is 0 Å². The Morgan fingerprint density at radius 1 is 1.40 bits per heavy atom. The first kappa shape index (κ1) is 14.5. The average molecular weight is 312 g/mol. The summed E-state index contributed by atoms with van der Waals surface area (Å²) >= 11 is 2.65. The molecule has 0 unspecified atom stereocenters. The van der Waals surface area contributed by atoms with E-state index in [0.717, 1.165) is 5.13 Å². The first-order valence-electron chi connectivity index (χ1n) is 5.52. The van der Waals surface area contributed by atoms with Crippen LogP contribution in [0.5, 0.6) is 0 Å². The van der Waals surface area contributed by atoms with Crippen LogP contribution in [0.2, 0.25) is 0 Å². The van der Waals surface area contributed by atoms with Crippen molar-refractivity contribution >= 4 is 39.7 Å². The van der Waals surface area contributed by atoms with Crippen LogP contribution in [-0.4, -0.2) is 41.2 Å². The highest BCUT2D eigenvalue weighted by molar-refractivity contribution is 8.01. The lowest BCUT2D eigenvalue weighted by Crippen LogP contribution is -2.07. The summed E-state index contributed by atoms with van der Waals surface area (Å²) in [7, 11) is 5.41. The summed E-state index contributed by atoms with van der Waals surface area (Å²) in [6.07, 6.45) is 0. The molecule has 0 saturated heterocycles. The van der Waals surface area contributed by atoms with E-state index < -0.39 is 4.92 Å². The van der Waals surface area contributed by atoms with Gasteiger partial charge in [0.1, 0.15) is 10.8 Å². The van der Waals surface area contributed by atoms with Gasteiger partial charge < -0.3 is 10.2 Å². The van der Waals surface area contributed by atoms with Gasteiger partial charge in [-0.05, 0) is 11.8 Å². The third kappa shape index (κ3) is 3.33. The van der Waals surface area contributed by atoms with Gasteiger partial charge in [-0.1, -0.05) is 11.3 Å². The monoisotopic (exact) mass is 312 g/mol. The summed E-state index contributed by atoms with van der Waals surface area (Å²) < 4.78 is 0.684. The molecular weight excluding hydrogens is 300 g/mol. The fourth-order valence-corrected chi connectivity index (χ4v) is 3.02. The Morgan fingerprint density at radius 3 is 2.70 bits per heavy atom. The Hall–Kier alpha value is -1.94. The van der Waals surface area contributed by atoms with E-state index in [4.69, 9.17) is 0 Å². The fourth-order valence-electron chi connectivity index (χ4n) is 1.29. The first-order chi connectivity index (χ1) is 9.49. The second kappa shape index (κ2) is 6.01. The van der Waals surface area contributed by atoms with Gasteiger partial charge in [0.2, 0.25) is 5.13 Å². The molecule has 8 nitrogen and oxygen atoms in total. The van der Waals surface area contributed by atoms with E-state index in [1.807, 2.05) is 19.0 Å². The van der Waals surface area contributed by atoms with Gasteiger partial charge in [0.15, 0.2) is 4.34 Å². The van der Waals surface area contributed by atoms with E-state index in [1.54, 1.807) is 7.05 Å². The van der Waals surface area contributed by atoms with Crippen LogP contribution in [0.4, 0.5) is 16.6 Å². The summed E-state index contributed by atoms with van der Waals surface area (Å²) in [6.45, 7) is 0. The first-order valence-corrected chi connectivity index (χ1v) is 7.16. The van der Waals surface area contributed by atoms with Crippen LogP contribution < -0.4 is 10.2 Å². The molecule has 0 spiro atoms. The Bertz CT molecular complexity index is 630. The fraction of sp³-hybridized carbons (Fsp3) is 0.300. The standard InChI is InChI=1S/C10H12N6O2S2/c1-11-7-4-6(16(17)18)5-8(12-7)19-10-14-13-9(20-10)15(2)3/h4-5H,1-3H3,(H,11,12). The lowest BCUT2D eigenvalue weighted by atomic mass is 10.4. The molecule has 0 fully saturated rings. The number of anilines is 2. The molecular formula is C10H12N6O2S2. The van der Waals surface area contributed by atoms with Gasteiger partial charge in [-0.15, -0.1) is 10.2 Å². The van der Waals surface area contributed by atoms with Crippen LogP contribution in [0.15, 0.2) is 21.5 Å². The Labute approximate surface area is 123 Å². The predicted molar refractivity (Wildman–Crippen MR) is 78.8 cm³/mol. The molecule has 0 aromatic carbocycles. The van der Waals surface area contributed by atoms with E-state index >= 15 is 0 Å². The summed E-state index contributed by atoms with van der Waals surface area (Å²) in [4.78, 5) is 16.5. The molecule has 0 saturated carbocycles. The number of nitrogens with one attached hydrogen (secondary N) is 1. The normalized spacial score (nSPS) is 10.3. The molecule has 0 aliphatic rings. The summed E-state index contributed by atoms with van der Waals surface area (Å²) in [5.41, 5.74) is -0.0100. The summed E-state index contributed by atoms with van der Waals surface area (Å²) in [5.74, 6) is 0.444. The van der Waals surface area contributed by atoms with E-state index in [1.165, 1.54) is 35.2 Å². The smallest absolute Gasteiger partial charge is 0.275 e. The highest BCUT2D eigenvalue weighted by Gasteiger charge is 2.14. The molecule has 0 bridgehead atoms. The Balaban J connectivity index is 2.27. The molecule has 10 heteroatoms. The van der Waals surface area contributed by atoms with Crippen LogP contribution in [0.1, 0.15) is 0 Å². The van der Waals surface area contributed by atoms with E-state index in [2.05, 4.69) is 20.5 Å². The van der Waals surface area contributed by atoms with Gasteiger partial charge in [0.05, 0.1) is 11.0 Å². The maximum atomic E-state index is 10.9. The Kier molecular flexibility index (Phi) is 4.35. The molecule has 0 atom stereocenters. The zero-order chi connectivity index (χ0) is 14.7. The quantitative estimate of drug-likeness (QED) is 0.662. The molecule has 2 rings (SSSR count). The molecule has 0 amide bonds. The molecule has 0 aliphatic heterocycles. The molecule has 0 radical (unpaired) electrons. The lowest BCUT2D eigenvalue weighted by Gasteiger charge is -2.04. The zero-order valence-corrected chi connectivity index (χ0v) is 12.7. The number of nitrogens with zero attached hydrogens (tertiary/aromatic N) is 5. The minimum atomic E-state index is -0.446. The molecule has 20 heavy (non-hydrogen) atoms. The van der Waals surface area contributed by atoms with Crippen molar-refractivity contribution in [2.45, 2.75) is 9.37 Å². The van der Waals surface area contributed by atoms with Crippen molar-refractivity contribution in [1.82, 2.24) is 15.2 Å². The average Bonchev–Trinajstić information content (AvgIpc) is 2.87. The van der Waals surface area contributed by atoms with Crippen molar-refractivity contribution in [2.75, 3.05) is 31.4 Å². The van der Waals surface area contributed by atoms with Gasteiger partial charge in [-0.2, -0.15) is 0 Å². The molecule has 1 N–H and O–H groups in total. The van der Waals surface area contributed by atoms with Crippen LogP contribution in [0.3, 0.4) is 0 Å². The topological polar surface area (TPSA) is 97.1 Å². The molecule has 2 aromatic rings. The largest absolute Gasteiger partial charge is 0.373 e. The van der Waals surface area contributed by atoms with Crippen LogP contribution >= 0.6 is 23.1 Å². The summed E-state index contributed by atoms with van der Waals surface area (Å²) in [6, 6.07) is 2.80. The van der Waals surface area contributed by atoms with Crippen LogP contribution in [0, 0.1) is 10.1 Å². The molecule has 2 aromatic heterocycles. The second-order valence-electron chi connectivity index (χ2n) is 3.90. The summed E-state index contributed by atoms with van der Waals surface area (Å²) in [5, 5.41) is 23.0. The number of nitro groups is 1. The van der Waals surface area contributed by atoms with E-state index in [-0.39, 0.29) is 5.69 Å². The zero-order valence-electron chi connectivity index (χ0n) is 11.0. The minimum Gasteiger partial charge on any atom is -0.373 e. The number of rotatable bonds is 5. The lowest BCUT2D eigenvalue weighted by molar-refractivity contribution is -0.385. The van der Waals surface area contributed by atoms with Gasteiger partial charge in [0.25, 0.3) is 5.69 Å². The van der Waals surface area contributed by atoms with Crippen molar-refractivity contribution < 1.29 is 4.92 Å². The van der Waals surface area contributed by atoms with Crippen molar-refractivity contribution in [3.63, 3.8) is 0 Å². The van der Waals surface area contributed by atoms with Gasteiger partial charge >= 0.3 is 0 Å².